The number of rotatable bonds is 5. The van der Waals surface area contributed by atoms with Gasteiger partial charge in [-0.15, -0.1) is 5.06 Å². The SMILES string of the molecule is C[C@H]1[C@@H](c2ccccc2)N(C(=O)CCN(OC(=O)c2ccccc2)C(=O)OC(C)(C)C)C(=O)N1C. The van der Waals surface area contributed by atoms with E-state index in [-0.39, 0.29) is 24.6 Å². The standard InChI is InChI=1S/C26H31N3O6/c1-18-22(19-12-8-6-9-13-19)29(24(32)27(18)5)21(30)16-17-28(25(33)34-26(2,3)4)35-23(31)20-14-10-7-11-15-20/h6-15,18,22H,16-17H2,1-5H3/t18-,22-/m0/s1. The summed E-state index contributed by atoms with van der Waals surface area (Å²) in [5.74, 6) is -1.26. The van der Waals surface area contributed by atoms with Crippen LogP contribution in [0.5, 0.6) is 0 Å². The number of hydrogen-bond donors (Lipinski definition) is 0. The van der Waals surface area contributed by atoms with Crippen LogP contribution >= 0.6 is 0 Å². The molecule has 0 aliphatic carbocycles. The molecule has 0 aromatic heterocycles. The summed E-state index contributed by atoms with van der Waals surface area (Å²) in [6.45, 7) is 6.63. The van der Waals surface area contributed by atoms with Gasteiger partial charge in [0.05, 0.1) is 24.2 Å². The molecule has 1 fully saturated rings. The Bertz CT molecular complexity index is 1070. The molecule has 1 heterocycles. The van der Waals surface area contributed by atoms with Crippen molar-refractivity contribution in [1.29, 1.82) is 0 Å². The lowest BCUT2D eigenvalue weighted by atomic mass is 10.00. The predicted octanol–water partition coefficient (Wildman–Crippen LogP) is 4.41. The lowest BCUT2D eigenvalue weighted by Gasteiger charge is -2.27. The second-order valence-electron chi connectivity index (χ2n) is 9.33. The summed E-state index contributed by atoms with van der Waals surface area (Å²) in [7, 11) is 1.64. The van der Waals surface area contributed by atoms with E-state index < -0.39 is 35.6 Å². The van der Waals surface area contributed by atoms with Gasteiger partial charge in [-0.2, -0.15) is 0 Å². The van der Waals surface area contributed by atoms with Gasteiger partial charge in [0.25, 0.3) is 0 Å². The van der Waals surface area contributed by atoms with Crippen LogP contribution in [0.25, 0.3) is 0 Å². The Morgan fingerprint density at radius 1 is 0.971 bits per heavy atom. The van der Waals surface area contributed by atoms with Crippen LogP contribution in [-0.2, 0) is 14.4 Å². The van der Waals surface area contributed by atoms with E-state index in [1.165, 1.54) is 9.80 Å². The molecule has 2 atom stereocenters. The number of likely N-dealkylation sites (N-methyl/N-ethyl adjacent to an activating group) is 1. The predicted molar refractivity (Wildman–Crippen MR) is 128 cm³/mol. The van der Waals surface area contributed by atoms with Crippen molar-refractivity contribution in [2.45, 2.75) is 51.8 Å². The van der Waals surface area contributed by atoms with E-state index in [2.05, 4.69) is 0 Å². The number of carbonyl (C=O) groups is 4. The van der Waals surface area contributed by atoms with E-state index in [4.69, 9.17) is 9.57 Å². The maximum atomic E-state index is 13.3. The molecular formula is C26H31N3O6. The number of imide groups is 1. The lowest BCUT2D eigenvalue weighted by Crippen LogP contribution is -2.42. The molecule has 0 bridgehead atoms. The van der Waals surface area contributed by atoms with Gasteiger partial charge >= 0.3 is 18.1 Å². The quantitative estimate of drug-likeness (QED) is 0.587. The zero-order valence-corrected chi connectivity index (χ0v) is 20.6. The highest BCUT2D eigenvalue weighted by Gasteiger charge is 2.45. The van der Waals surface area contributed by atoms with E-state index in [0.29, 0.717) is 0 Å². The van der Waals surface area contributed by atoms with Gasteiger partial charge in [-0.3, -0.25) is 9.69 Å². The Hall–Kier alpha value is -3.88. The van der Waals surface area contributed by atoms with Crippen molar-refractivity contribution in [3.63, 3.8) is 0 Å². The molecule has 4 amide bonds. The minimum atomic E-state index is -0.910. The van der Waals surface area contributed by atoms with Crippen LogP contribution in [0.15, 0.2) is 60.7 Å². The van der Waals surface area contributed by atoms with Gasteiger partial charge in [0.15, 0.2) is 0 Å². The van der Waals surface area contributed by atoms with Crippen molar-refractivity contribution in [3.05, 3.63) is 71.8 Å². The molecule has 1 aliphatic heterocycles. The first-order valence-corrected chi connectivity index (χ1v) is 11.4. The van der Waals surface area contributed by atoms with Crippen LogP contribution in [0.4, 0.5) is 9.59 Å². The summed E-state index contributed by atoms with van der Waals surface area (Å²) in [5.41, 5.74) is 0.215. The van der Waals surface area contributed by atoms with E-state index in [1.54, 1.807) is 58.2 Å². The number of carbonyl (C=O) groups excluding carboxylic acids is 4. The molecule has 0 radical (unpaired) electrons. The van der Waals surface area contributed by atoms with Crippen LogP contribution in [0.2, 0.25) is 0 Å². The minimum absolute atomic E-state index is 0.238. The maximum Gasteiger partial charge on any atom is 0.443 e. The first-order valence-electron chi connectivity index (χ1n) is 11.4. The summed E-state index contributed by atoms with van der Waals surface area (Å²) >= 11 is 0. The summed E-state index contributed by atoms with van der Waals surface area (Å²) in [5, 5.41) is 0.726. The number of hydrogen-bond acceptors (Lipinski definition) is 6. The molecule has 9 heteroatoms. The van der Waals surface area contributed by atoms with Gasteiger partial charge in [0.1, 0.15) is 5.60 Å². The molecule has 0 spiro atoms. The Balaban J connectivity index is 1.78. The molecule has 2 aromatic carbocycles. The fourth-order valence-corrected chi connectivity index (χ4v) is 3.76. The van der Waals surface area contributed by atoms with Crippen LogP contribution in [0.1, 0.15) is 56.1 Å². The Labute approximate surface area is 205 Å². The van der Waals surface area contributed by atoms with Gasteiger partial charge < -0.3 is 14.5 Å². The number of benzene rings is 2. The van der Waals surface area contributed by atoms with Gasteiger partial charge in [-0.25, -0.2) is 14.4 Å². The third-order valence-corrected chi connectivity index (χ3v) is 5.59. The summed E-state index contributed by atoms with van der Waals surface area (Å²) < 4.78 is 5.35. The molecule has 3 rings (SSSR count). The monoisotopic (exact) mass is 481 g/mol. The smallest absolute Gasteiger partial charge is 0.442 e. The topological polar surface area (TPSA) is 96.5 Å². The molecule has 0 unspecified atom stereocenters. The number of hydroxylamine groups is 2. The molecule has 2 aromatic rings. The third-order valence-electron chi connectivity index (χ3n) is 5.59. The number of ether oxygens (including phenoxy) is 1. The largest absolute Gasteiger partial charge is 0.443 e. The highest BCUT2D eigenvalue weighted by molar-refractivity contribution is 5.97. The van der Waals surface area contributed by atoms with E-state index in [0.717, 1.165) is 10.6 Å². The van der Waals surface area contributed by atoms with Crippen molar-refractivity contribution >= 4 is 24.0 Å². The molecular weight excluding hydrogens is 450 g/mol. The summed E-state index contributed by atoms with van der Waals surface area (Å²) in [6, 6.07) is 16.3. The normalized spacial score (nSPS) is 17.8. The molecule has 186 valence electrons. The van der Waals surface area contributed by atoms with Crippen molar-refractivity contribution in [2.24, 2.45) is 0 Å². The summed E-state index contributed by atoms with van der Waals surface area (Å²) in [6.07, 6.45) is -1.16. The highest BCUT2D eigenvalue weighted by atomic mass is 16.8. The molecule has 1 saturated heterocycles. The second-order valence-corrected chi connectivity index (χ2v) is 9.33. The van der Waals surface area contributed by atoms with Gasteiger partial charge in [-0.05, 0) is 45.4 Å². The van der Waals surface area contributed by atoms with E-state index in [1.807, 2.05) is 37.3 Å². The zero-order chi connectivity index (χ0) is 25.8. The van der Waals surface area contributed by atoms with Gasteiger partial charge in [-0.1, -0.05) is 48.5 Å². The fourth-order valence-electron chi connectivity index (χ4n) is 3.76. The van der Waals surface area contributed by atoms with Crippen LogP contribution in [0.3, 0.4) is 0 Å². The number of nitrogens with zero attached hydrogens (tertiary/aromatic N) is 3. The average molecular weight is 482 g/mol. The van der Waals surface area contributed by atoms with Crippen molar-refractivity contribution in [2.75, 3.05) is 13.6 Å². The zero-order valence-electron chi connectivity index (χ0n) is 20.6. The highest BCUT2D eigenvalue weighted by Crippen LogP contribution is 2.34. The van der Waals surface area contributed by atoms with Crippen molar-refractivity contribution in [1.82, 2.24) is 14.9 Å². The van der Waals surface area contributed by atoms with Crippen LogP contribution in [0, 0.1) is 0 Å². The summed E-state index contributed by atoms with van der Waals surface area (Å²) in [4.78, 5) is 59.5. The number of urea groups is 1. The van der Waals surface area contributed by atoms with E-state index >= 15 is 0 Å². The van der Waals surface area contributed by atoms with Crippen LogP contribution in [-0.4, -0.2) is 64.1 Å². The van der Waals surface area contributed by atoms with Crippen molar-refractivity contribution < 1.29 is 28.8 Å². The molecule has 0 saturated carbocycles. The van der Waals surface area contributed by atoms with Crippen molar-refractivity contribution in [3.8, 4) is 0 Å². The molecule has 35 heavy (non-hydrogen) atoms. The molecule has 9 nitrogen and oxygen atoms in total. The third kappa shape index (κ3) is 6.17. The van der Waals surface area contributed by atoms with Gasteiger partial charge in [0, 0.05) is 13.5 Å². The average Bonchev–Trinajstić information content (AvgIpc) is 3.05. The molecule has 1 aliphatic rings. The van der Waals surface area contributed by atoms with Crippen LogP contribution < -0.4 is 0 Å². The number of amides is 4. The molecule has 0 N–H and O–H groups in total. The fraction of sp³-hybridized carbons (Fsp3) is 0.385. The Morgan fingerprint density at radius 3 is 2.11 bits per heavy atom. The Kier molecular flexibility index (Phi) is 7.78. The maximum absolute atomic E-state index is 13.3. The first-order chi connectivity index (χ1) is 16.5. The minimum Gasteiger partial charge on any atom is -0.442 e. The first kappa shape index (κ1) is 25.7. The van der Waals surface area contributed by atoms with Gasteiger partial charge in [0.2, 0.25) is 5.91 Å². The lowest BCUT2D eigenvalue weighted by molar-refractivity contribution is -0.135. The Morgan fingerprint density at radius 2 is 1.54 bits per heavy atom. The van der Waals surface area contributed by atoms with E-state index in [9.17, 15) is 19.2 Å². The second kappa shape index (κ2) is 10.6.